The van der Waals surface area contributed by atoms with E-state index in [0.29, 0.717) is 11.8 Å². The van der Waals surface area contributed by atoms with Gasteiger partial charge in [-0.2, -0.15) is 0 Å². The molecular formula is C21H24ClNOS. The van der Waals surface area contributed by atoms with Gasteiger partial charge in [0, 0.05) is 23.0 Å². The molecule has 0 spiro atoms. The Kier molecular flexibility index (Phi) is 4.88. The number of halogens is 1. The summed E-state index contributed by atoms with van der Waals surface area (Å²) in [7, 11) is 0. The summed E-state index contributed by atoms with van der Waals surface area (Å²) in [4.78, 5) is 17.1. The molecule has 1 aromatic carbocycles. The Hall–Kier alpha value is -1.32. The maximum Gasteiger partial charge on any atom is 0.233 e. The normalized spacial score (nSPS) is 20.8. The number of hydrogen-bond acceptors (Lipinski definition) is 2. The van der Waals surface area contributed by atoms with E-state index in [9.17, 15) is 4.79 Å². The number of benzene rings is 1. The molecule has 2 aromatic rings. The molecule has 0 N–H and O–H groups in total. The molecule has 4 heteroatoms. The van der Waals surface area contributed by atoms with Crippen molar-refractivity contribution in [2.75, 3.05) is 13.1 Å². The van der Waals surface area contributed by atoms with E-state index in [1.165, 1.54) is 4.88 Å². The van der Waals surface area contributed by atoms with Crippen molar-refractivity contribution in [2.45, 2.75) is 49.9 Å². The summed E-state index contributed by atoms with van der Waals surface area (Å²) in [6.07, 6.45) is 6.39. The van der Waals surface area contributed by atoms with Crippen LogP contribution in [0.25, 0.3) is 0 Å². The van der Waals surface area contributed by atoms with Crippen molar-refractivity contribution in [3.05, 3.63) is 57.2 Å². The Balaban J connectivity index is 1.51. The lowest BCUT2D eigenvalue weighted by molar-refractivity contribution is -0.138. The lowest BCUT2D eigenvalue weighted by Gasteiger charge is -2.38. The highest BCUT2D eigenvalue weighted by atomic mass is 35.5. The van der Waals surface area contributed by atoms with Crippen LogP contribution in [0.5, 0.6) is 0 Å². The van der Waals surface area contributed by atoms with Gasteiger partial charge in [0.25, 0.3) is 0 Å². The maximum absolute atomic E-state index is 13.5. The van der Waals surface area contributed by atoms with E-state index in [1.54, 1.807) is 0 Å². The number of carbonyl (C=O) groups is 1. The number of piperidine rings is 1. The first-order valence-electron chi connectivity index (χ1n) is 9.28. The van der Waals surface area contributed by atoms with Crippen LogP contribution in [0, 0.1) is 0 Å². The SMILES string of the molecule is O=C(N1CCC(c2cccs2)CC1)C1(c2ccc(Cl)cc2)CCCC1. The molecule has 25 heavy (non-hydrogen) atoms. The molecule has 1 saturated carbocycles. The number of hydrogen-bond donors (Lipinski definition) is 0. The predicted octanol–water partition coefficient (Wildman–Crippen LogP) is 5.62. The second-order valence-corrected chi connectivity index (χ2v) is 8.79. The van der Waals surface area contributed by atoms with Crippen molar-refractivity contribution >= 4 is 28.8 Å². The molecular weight excluding hydrogens is 350 g/mol. The van der Waals surface area contributed by atoms with E-state index < -0.39 is 0 Å². The molecule has 4 rings (SSSR count). The Bertz CT molecular complexity index is 711. The maximum atomic E-state index is 13.5. The molecule has 1 saturated heterocycles. The molecule has 0 unspecified atom stereocenters. The minimum atomic E-state index is -0.319. The zero-order chi connectivity index (χ0) is 17.3. The third kappa shape index (κ3) is 3.24. The van der Waals surface area contributed by atoms with E-state index in [0.717, 1.165) is 62.2 Å². The molecule has 0 atom stereocenters. The van der Waals surface area contributed by atoms with Crippen molar-refractivity contribution in [1.82, 2.24) is 4.90 Å². The van der Waals surface area contributed by atoms with Gasteiger partial charge >= 0.3 is 0 Å². The molecule has 2 nitrogen and oxygen atoms in total. The summed E-state index contributed by atoms with van der Waals surface area (Å²) < 4.78 is 0. The van der Waals surface area contributed by atoms with E-state index in [1.807, 2.05) is 23.5 Å². The van der Waals surface area contributed by atoms with Crippen LogP contribution < -0.4 is 0 Å². The average Bonchev–Trinajstić information content (AvgIpc) is 3.34. The van der Waals surface area contributed by atoms with Crippen LogP contribution in [-0.2, 0) is 10.2 Å². The van der Waals surface area contributed by atoms with Gasteiger partial charge in [-0.25, -0.2) is 0 Å². The fraction of sp³-hybridized carbons (Fsp3) is 0.476. The lowest BCUT2D eigenvalue weighted by atomic mass is 9.77. The molecule has 2 heterocycles. The highest BCUT2D eigenvalue weighted by Crippen LogP contribution is 2.44. The zero-order valence-electron chi connectivity index (χ0n) is 14.4. The van der Waals surface area contributed by atoms with Crippen LogP contribution in [0.4, 0.5) is 0 Å². The van der Waals surface area contributed by atoms with Gasteiger partial charge in [0.2, 0.25) is 5.91 Å². The largest absolute Gasteiger partial charge is 0.342 e. The monoisotopic (exact) mass is 373 g/mol. The van der Waals surface area contributed by atoms with Crippen molar-refractivity contribution in [3.63, 3.8) is 0 Å². The van der Waals surface area contributed by atoms with E-state index in [4.69, 9.17) is 11.6 Å². The van der Waals surface area contributed by atoms with Crippen molar-refractivity contribution < 1.29 is 4.79 Å². The standard InChI is InChI=1S/C21H24ClNOS/c22-18-7-5-17(6-8-18)21(11-1-2-12-21)20(24)23-13-9-16(10-14-23)19-4-3-15-25-19/h3-8,15-16H,1-2,9-14H2. The van der Waals surface area contributed by atoms with Gasteiger partial charge in [-0.15, -0.1) is 11.3 Å². The smallest absolute Gasteiger partial charge is 0.233 e. The quantitative estimate of drug-likeness (QED) is 0.683. The third-order valence-electron chi connectivity index (χ3n) is 5.99. The van der Waals surface area contributed by atoms with Gasteiger partial charge in [-0.05, 0) is 60.7 Å². The van der Waals surface area contributed by atoms with Gasteiger partial charge in [0.15, 0.2) is 0 Å². The number of rotatable bonds is 3. The predicted molar refractivity (Wildman–Crippen MR) is 104 cm³/mol. The van der Waals surface area contributed by atoms with Crippen molar-refractivity contribution in [1.29, 1.82) is 0 Å². The lowest BCUT2D eigenvalue weighted by Crippen LogP contribution is -2.48. The van der Waals surface area contributed by atoms with Crippen LogP contribution in [-0.4, -0.2) is 23.9 Å². The van der Waals surface area contributed by atoms with Gasteiger partial charge < -0.3 is 4.90 Å². The van der Waals surface area contributed by atoms with E-state index in [2.05, 4.69) is 34.5 Å². The zero-order valence-corrected chi connectivity index (χ0v) is 16.0. The molecule has 1 amide bonds. The number of thiophene rings is 1. The van der Waals surface area contributed by atoms with Crippen LogP contribution in [0.1, 0.15) is 54.9 Å². The number of nitrogens with zero attached hydrogens (tertiary/aromatic N) is 1. The fourth-order valence-corrected chi connectivity index (χ4v) is 5.59. The molecule has 1 aliphatic carbocycles. The Labute approximate surface area is 158 Å². The number of likely N-dealkylation sites (tertiary alicyclic amines) is 1. The van der Waals surface area contributed by atoms with Crippen LogP contribution in [0.2, 0.25) is 5.02 Å². The molecule has 1 aromatic heterocycles. The summed E-state index contributed by atoms with van der Waals surface area (Å²) >= 11 is 7.91. The summed E-state index contributed by atoms with van der Waals surface area (Å²) in [6.45, 7) is 1.77. The van der Waals surface area contributed by atoms with Gasteiger partial charge in [-0.1, -0.05) is 42.6 Å². The van der Waals surface area contributed by atoms with Crippen LogP contribution in [0.3, 0.4) is 0 Å². The molecule has 1 aliphatic heterocycles. The molecule has 132 valence electrons. The molecule has 2 aliphatic rings. The second-order valence-electron chi connectivity index (χ2n) is 7.38. The minimum Gasteiger partial charge on any atom is -0.342 e. The number of amides is 1. The second kappa shape index (κ2) is 7.13. The topological polar surface area (TPSA) is 20.3 Å². The van der Waals surface area contributed by atoms with Gasteiger partial charge in [-0.3, -0.25) is 4.79 Å². The molecule has 2 fully saturated rings. The fourth-order valence-electron chi connectivity index (χ4n) is 4.57. The van der Waals surface area contributed by atoms with Crippen LogP contribution >= 0.6 is 22.9 Å². The third-order valence-corrected chi connectivity index (χ3v) is 7.28. The van der Waals surface area contributed by atoms with Crippen LogP contribution in [0.15, 0.2) is 41.8 Å². The Morgan fingerprint density at radius 1 is 1.08 bits per heavy atom. The first-order valence-corrected chi connectivity index (χ1v) is 10.5. The summed E-state index contributed by atoms with van der Waals surface area (Å²) in [6, 6.07) is 12.3. The van der Waals surface area contributed by atoms with Crippen molar-refractivity contribution in [2.24, 2.45) is 0 Å². The Morgan fingerprint density at radius 2 is 1.76 bits per heavy atom. The van der Waals surface area contributed by atoms with Crippen molar-refractivity contribution in [3.8, 4) is 0 Å². The first-order chi connectivity index (χ1) is 12.2. The Morgan fingerprint density at radius 3 is 2.36 bits per heavy atom. The number of carbonyl (C=O) groups excluding carboxylic acids is 1. The summed E-state index contributed by atoms with van der Waals surface area (Å²) in [5.74, 6) is 0.969. The molecule has 0 bridgehead atoms. The minimum absolute atomic E-state index is 0.319. The van der Waals surface area contributed by atoms with Gasteiger partial charge in [0.05, 0.1) is 5.41 Å². The highest BCUT2D eigenvalue weighted by molar-refractivity contribution is 7.10. The molecule has 0 radical (unpaired) electrons. The summed E-state index contributed by atoms with van der Waals surface area (Å²) in [5, 5.41) is 2.89. The summed E-state index contributed by atoms with van der Waals surface area (Å²) in [5.41, 5.74) is 0.833. The average molecular weight is 374 g/mol. The van der Waals surface area contributed by atoms with E-state index in [-0.39, 0.29) is 5.41 Å². The first kappa shape index (κ1) is 17.1. The van der Waals surface area contributed by atoms with Gasteiger partial charge in [0.1, 0.15) is 0 Å². The van der Waals surface area contributed by atoms with E-state index >= 15 is 0 Å². The highest BCUT2D eigenvalue weighted by Gasteiger charge is 2.45.